The van der Waals surface area contributed by atoms with Crippen LogP contribution in [0.25, 0.3) is 0 Å². The number of hydrogen-bond donors (Lipinski definition) is 0. The maximum Gasteiger partial charge on any atom is 0.107 e. The van der Waals surface area contributed by atoms with E-state index in [1.807, 2.05) is 18.5 Å². The maximum absolute atomic E-state index is 6.11. The van der Waals surface area contributed by atoms with Gasteiger partial charge in [0, 0.05) is 56.2 Å². The van der Waals surface area contributed by atoms with E-state index < -0.39 is 0 Å². The minimum Gasteiger partial charge on any atom is -0.372 e. The molecule has 2 aromatic heterocycles. The van der Waals surface area contributed by atoms with Crippen molar-refractivity contribution in [2.24, 2.45) is 0 Å². The quantitative estimate of drug-likeness (QED) is 0.839. The summed E-state index contributed by atoms with van der Waals surface area (Å²) in [7, 11) is 0. The first-order chi connectivity index (χ1) is 11.4. The topological polar surface area (TPSA) is 41.5 Å². The van der Waals surface area contributed by atoms with Crippen LogP contribution in [0.15, 0.2) is 36.1 Å². The third kappa shape index (κ3) is 3.77. The van der Waals surface area contributed by atoms with Crippen molar-refractivity contribution in [3.05, 3.63) is 46.7 Å². The predicted molar refractivity (Wildman–Crippen MR) is 90.2 cm³/mol. The largest absolute Gasteiger partial charge is 0.372 e. The van der Waals surface area contributed by atoms with E-state index in [-0.39, 0.29) is 0 Å². The number of aromatic nitrogens is 2. The lowest BCUT2D eigenvalue weighted by atomic mass is 10.1. The molecule has 2 aliphatic heterocycles. The molecule has 4 rings (SSSR count). The highest BCUT2D eigenvalue weighted by atomic mass is 32.1. The zero-order valence-corrected chi connectivity index (χ0v) is 14.0. The van der Waals surface area contributed by atoms with Crippen LogP contribution < -0.4 is 0 Å². The summed E-state index contributed by atoms with van der Waals surface area (Å²) in [5, 5.41) is 3.28. The van der Waals surface area contributed by atoms with E-state index in [0.29, 0.717) is 18.8 Å². The van der Waals surface area contributed by atoms with Gasteiger partial charge in [-0.2, -0.15) is 0 Å². The lowest BCUT2D eigenvalue weighted by molar-refractivity contribution is 0.0457. The third-order valence-electron chi connectivity index (χ3n) is 4.71. The predicted octanol–water partition coefficient (Wildman–Crippen LogP) is 2.01. The molecule has 4 heterocycles. The standard InChI is InChI=1S/C17H22N4OS/c1-2-14(9-18-3-1)13-22-16-8-15-10-20(5-6-21(15)11-16)12-17-19-4-7-23-17/h1-4,7,9,15-16H,5-6,8,10-13H2/t15-,16+/m0/s1. The van der Waals surface area contributed by atoms with Crippen LogP contribution in [0.2, 0.25) is 0 Å². The second-order valence-electron chi connectivity index (χ2n) is 6.34. The first-order valence-electron chi connectivity index (χ1n) is 8.22. The average Bonchev–Trinajstić information content (AvgIpc) is 3.23. The summed E-state index contributed by atoms with van der Waals surface area (Å²) in [5.41, 5.74) is 1.16. The number of pyridine rings is 1. The fraction of sp³-hybridized carbons (Fsp3) is 0.529. The van der Waals surface area contributed by atoms with Gasteiger partial charge in [-0.15, -0.1) is 11.3 Å². The molecule has 122 valence electrons. The SMILES string of the molecule is c1cncc(CO[C@@H]2C[C@H]3CN(Cc4nccs4)CCN3C2)c1. The third-order valence-corrected chi connectivity index (χ3v) is 5.48. The molecular formula is C17H22N4OS. The van der Waals surface area contributed by atoms with E-state index in [1.54, 1.807) is 17.5 Å². The van der Waals surface area contributed by atoms with Crippen molar-refractivity contribution in [3.8, 4) is 0 Å². The number of rotatable bonds is 5. The fourth-order valence-corrected chi connectivity index (χ4v) is 4.20. The summed E-state index contributed by atoms with van der Waals surface area (Å²) < 4.78 is 6.11. The molecule has 0 spiro atoms. The minimum absolute atomic E-state index is 0.347. The molecule has 0 unspecified atom stereocenters. The van der Waals surface area contributed by atoms with Crippen LogP contribution in [0.4, 0.5) is 0 Å². The Morgan fingerprint density at radius 3 is 3.09 bits per heavy atom. The van der Waals surface area contributed by atoms with E-state index in [9.17, 15) is 0 Å². The Bertz CT molecular complexity index is 606. The molecule has 0 N–H and O–H groups in total. The molecule has 0 bridgehead atoms. The lowest BCUT2D eigenvalue weighted by Gasteiger charge is -2.36. The molecule has 0 aromatic carbocycles. The summed E-state index contributed by atoms with van der Waals surface area (Å²) in [6, 6.07) is 4.67. The molecule has 0 amide bonds. The van der Waals surface area contributed by atoms with E-state index in [4.69, 9.17) is 4.74 Å². The highest BCUT2D eigenvalue weighted by molar-refractivity contribution is 7.09. The van der Waals surface area contributed by atoms with E-state index in [0.717, 1.165) is 44.7 Å². The van der Waals surface area contributed by atoms with Crippen molar-refractivity contribution in [1.82, 2.24) is 19.8 Å². The molecule has 6 heteroatoms. The van der Waals surface area contributed by atoms with Gasteiger partial charge in [0.15, 0.2) is 0 Å². The number of thiazole rings is 1. The van der Waals surface area contributed by atoms with Gasteiger partial charge in [-0.05, 0) is 18.1 Å². The van der Waals surface area contributed by atoms with Crippen molar-refractivity contribution < 1.29 is 4.74 Å². The van der Waals surface area contributed by atoms with Crippen molar-refractivity contribution in [1.29, 1.82) is 0 Å². The number of nitrogens with zero attached hydrogens (tertiary/aromatic N) is 4. The Morgan fingerprint density at radius 2 is 2.26 bits per heavy atom. The summed E-state index contributed by atoms with van der Waals surface area (Å²) >= 11 is 1.75. The highest BCUT2D eigenvalue weighted by Crippen LogP contribution is 2.25. The van der Waals surface area contributed by atoms with Crippen LogP contribution in [0.1, 0.15) is 17.0 Å². The van der Waals surface area contributed by atoms with Crippen LogP contribution in [0.3, 0.4) is 0 Å². The zero-order chi connectivity index (χ0) is 15.5. The van der Waals surface area contributed by atoms with Gasteiger partial charge in [-0.1, -0.05) is 6.07 Å². The molecule has 2 fully saturated rings. The van der Waals surface area contributed by atoms with E-state index in [2.05, 4.69) is 31.2 Å². The molecule has 0 radical (unpaired) electrons. The van der Waals surface area contributed by atoms with Gasteiger partial charge in [0.25, 0.3) is 0 Å². The average molecular weight is 330 g/mol. The van der Waals surface area contributed by atoms with Crippen LogP contribution in [-0.2, 0) is 17.9 Å². The molecule has 5 nitrogen and oxygen atoms in total. The first kappa shape index (κ1) is 15.2. The second kappa shape index (κ2) is 7.05. The van der Waals surface area contributed by atoms with Crippen molar-refractivity contribution >= 4 is 11.3 Å². The zero-order valence-electron chi connectivity index (χ0n) is 13.2. The Hall–Kier alpha value is -1.34. The molecule has 2 aromatic rings. The number of ether oxygens (including phenoxy) is 1. The van der Waals surface area contributed by atoms with Crippen LogP contribution in [0, 0.1) is 0 Å². The van der Waals surface area contributed by atoms with Gasteiger partial charge in [0.2, 0.25) is 0 Å². The first-order valence-corrected chi connectivity index (χ1v) is 9.10. The summed E-state index contributed by atoms with van der Waals surface area (Å²) in [6.07, 6.45) is 7.07. The molecule has 0 saturated carbocycles. The van der Waals surface area contributed by atoms with Crippen LogP contribution in [0.5, 0.6) is 0 Å². The van der Waals surface area contributed by atoms with Gasteiger partial charge < -0.3 is 4.74 Å². The Labute approximate surface area is 140 Å². The van der Waals surface area contributed by atoms with Crippen LogP contribution >= 0.6 is 11.3 Å². The van der Waals surface area contributed by atoms with Gasteiger partial charge in [0.1, 0.15) is 5.01 Å². The fourth-order valence-electron chi connectivity index (χ4n) is 3.55. The molecule has 2 aliphatic rings. The Balaban J connectivity index is 1.27. The van der Waals surface area contributed by atoms with Crippen molar-refractivity contribution in [2.45, 2.75) is 31.7 Å². The molecule has 2 saturated heterocycles. The summed E-state index contributed by atoms with van der Waals surface area (Å²) in [5.74, 6) is 0. The normalized spacial score (nSPS) is 25.6. The van der Waals surface area contributed by atoms with Crippen molar-refractivity contribution in [3.63, 3.8) is 0 Å². The van der Waals surface area contributed by atoms with Crippen molar-refractivity contribution in [2.75, 3.05) is 26.2 Å². The van der Waals surface area contributed by atoms with E-state index >= 15 is 0 Å². The lowest BCUT2D eigenvalue weighted by Crippen LogP contribution is -2.49. The van der Waals surface area contributed by atoms with Gasteiger partial charge in [-0.25, -0.2) is 4.98 Å². The summed E-state index contributed by atoms with van der Waals surface area (Å²) in [4.78, 5) is 13.7. The minimum atomic E-state index is 0.347. The van der Waals surface area contributed by atoms with Gasteiger partial charge >= 0.3 is 0 Å². The molecule has 23 heavy (non-hydrogen) atoms. The number of piperazine rings is 1. The van der Waals surface area contributed by atoms with E-state index in [1.165, 1.54) is 5.01 Å². The number of hydrogen-bond acceptors (Lipinski definition) is 6. The van der Waals surface area contributed by atoms with Gasteiger partial charge in [0.05, 0.1) is 19.3 Å². The highest BCUT2D eigenvalue weighted by Gasteiger charge is 2.36. The Morgan fingerprint density at radius 1 is 1.26 bits per heavy atom. The molecule has 2 atom stereocenters. The van der Waals surface area contributed by atoms with Gasteiger partial charge in [-0.3, -0.25) is 14.8 Å². The summed E-state index contributed by atoms with van der Waals surface area (Å²) in [6.45, 7) is 6.13. The second-order valence-corrected chi connectivity index (χ2v) is 7.32. The maximum atomic E-state index is 6.11. The monoisotopic (exact) mass is 330 g/mol. The molecular weight excluding hydrogens is 308 g/mol. The smallest absolute Gasteiger partial charge is 0.107 e. The number of fused-ring (bicyclic) bond motifs is 1. The molecule has 0 aliphatic carbocycles. The van der Waals surface area contributed by atoms with Crippen LogP contribution in [-0.4, -0.2) is 58.1 Å². The Kier molecular flexibility index (Phi) is 4.66.